The maximum Gasteiger partial charge on any atom is 0.253 e. The van der Waals surface area contributed by atoms with Gasteiger partial charge in [0.2, 0.25) is 5.91 Å². The first-order valence-corrected chi connectivity index (χ1v) is 11.1. The van der Waals surface area contributed by atoms with Crippen molar-refractivity contribution in [2.75, 3.05) is 11.1 Å². The summed E-state index contributed by atoms with van der Waals surface area (Å²) in [6.07, 6.45) is 0. The van der Waals surface area contributed by atoms with Crippen molar-refractivity contribution in [1.29, 1.82) is 0 Å². The Kier molecular flexibility index (Phi) is 7.35. The van der Waals surface area contributed by atoms with Gasteiger partial charge in [0.1, 0.15) is 0 Å². The summed E-state index contributed by atoms with van der Waals surface area (Å²) in [5.74, 6) is 0.365. The molecule has 3 rings (SSSR count). The SMILES string of the molecule is Cc1ccc(C)c(NC(=O)CSc2nnc([C@@H](C)NC(=O)c3ccccc3Cl)n2C)c1. The number of benzene rings is 2. The molecule has 0 aliphatic rings. The first kappa shape index (κ1) is 22.8. The van der Waals surface area contributed by atoms with Crippen LogP contribution in [0.25, 0.3) is 0 Å². The number of thioether (sulfide) groups is 1. The van der Waals surface area contributed by atoms with Crippen LogP contribution in [0.1, 0.15) is 40.3 Å². The monoisotopic (exact) mass is 457 g/mol. The van der Waals surface area contributed by atoms with E-state index in [0.717, 1.165) is 16.8 Å². The number of hydrogen-bond acceptors (Lipinski definition) is 5. The van der Waals surface area contributed by atoms with E-state index in [1.165, 1.54) is 11.8 Å². The Hall–Kier alpha value is -2.84. The van der Waals surface area contributed by atoms with Gasteiger partial charge in [0.25, 0.3) is 5.91 Å². The molecular weight excluding hydrogens is 434 g/mol. The maximum absolute atomic E-state index is 12.5. The molecule has 7 nitrogen and oxygen atoms in total. The Balaban J connectivity index is 1.60. The van der Waals surface area contributed by atoms with Crippen LogP contribution in [0.3, 0.4) is 0 Å². The van der Waals surface area contributed by atoms with Crippen molar-refractivity contribution < 1.29 is 9.59 Å². The van der Waals surface area contributed by atoms with Gasteiger partial charge in [-0.05, 0) is 50.1 Å². The molecule has 0 fully saturated rings. The van der Waals surface area contributed by atoms with Crippen LogP contribution in [0.4, 0.5) is 5.69 Å². The summed E-state index contributed by atoms with van der Waals surface area (Å²) in [6.45, 7) is 5.76. The zero-order valence-electron chi connectivity index (χ0n) is 17.8. The molecule has 0 aliphatic heterocycles. The predicted molar refractivity (Wildman–Crippen MR) is 124 cm³/mol. The number of amides is 2. The zero-order valence-corrected chi connectivity index (χ0v) is 19.3. The second kappa shape index (κ2) is 9.98. The molecule has 31 heavy (non-hydrogen) atoms. The number of halogens is 1. The van der Waals surface area contributed by atoms with E-state index in [1.807, 2.05) is 39.0 Å². The number of nitrogens with zero attached hydrogens (tertiary/aromatic N) is 3. The van der Waals surface area contributed by atoms with Crippen LogP contribution in [0.2, 0.25) is 5.02 Å². The van der Waals surface area contributed by atoms with Crippen LogP contribution in [0, 0.1) is 13.8 Å². The third kappa shape index (κ3) is 5.65. The van der Waals surface area contributed by atoms with Gasteiger partial charge in [-0.1, -0.05) is 47.6 Å². The summed E-state index contributed by atoms with van der Waals surface area (Å²) in [5.41, 5.74) is 3.29. The van der Waals surface area contributed by atoms with E-state index in [1.54, 1.807) is 35.9 Å². The highest BCUT2D eigenvalue weighted by Crippen LogP contribution is 2.22. The van der Waals surface area contributed by atoms with E-state index >= 15 is 0 Å². The normalized spacial score (nSPS) is 11.8. The summed E-state index contributed by atoms with van der Waals surface area (Å²) in [5, 5.41) is 15.1. The van der Waals surface area contributed by atoms with E-state index in [-0.39, 0.29) is 23.6 Å². The Morgan fingerprint density at radius 2 is 1.90 bits per heavy atom. The van der Waals surface area contributed by atoms with Gasteiger partial charge in [-0.15, -0.1) is 10.2 Å². The Labute approximate surface area is 190 Å². The Morgan fingerprint density at radius 3 is 2.65 bits per heavy atom. The number of rotatable bonds is 7. The molecule has 0 bridgehead atoms. The molecule has 3 aromatic rings. The van der Waals surface area contributed by atoms with Crippen molar-refractivity contribution in [3.63, 3.8) is 0 Å². The zero-order chi connectivity index (χ0) is 22.5. The van der Waals surface area contributed by atoms with Crippen molar-refractivity contribution in [3.8, 4) is 0 Å². The molecular formula is C22H24ClN5O2S. The quantitative estimate of drug-likeness (QED) is 0.516. The highest BCUT2D eigenvalue weighted by Gasteiger charge is 2.20. The number of anilines is 1. The molecule has 1 heterocycles. The van der Waals surface area contributed by atoms with Crippen LogP contribution < -0.4 is 10.6 Å². The number of nitrogens with one attached hydrogen (secondary N) is 2. The number of hydrogen-bond donors (Lipinski definition) is 2. The third-order valence-electron chi connectivity index (χ3n) is 4.72. The summed E-state index contributed by atoms with van der Waals surface area (Å²) >= 11 is 7.38. The van der Waals surface area contributed by atoms with Gasteiger partial charge in [0, 0.05) is 12.7 Å². The number of carbonyl (C=O) groups is 2. The first-order valence-electron chi connectivity index (χ1n) is 9.71. The molecule has 1 atom stereocenters. The van der Waals surface area contributed by atoms with Gasteiger partial charge in [-0.3, -0.25) is 9.59 Å². The standard InChI is InChI=1S/C22H24ClN5O2S/c1-13-9-10-14(2)18(11-13)25-19(29)12-31-22-27-26-20(28(22)4)15(3)24-21(30)16-7-5-6-8-17(16)23/h5-11,15H,12H2,1-4H3,(H,24,30)(H,25,29)/t15-/m1/s1. The molecule has 2 N–H and O–H groups in total. The highest BCUT2D eigenvalue weighted by atomic mass is 35.5. The van der Waals surface area contributed by atoms with Crippen LogP contribution in [0.15, 0.2) is 47.6 Å². The van der Waals surface area contributed by atoms with Crippen LogP contribution >= 0.6 is 23.4 Å². The van der Waals surface area contributed by atoms with Crippen molar-refractivity contribution in [2.45, 2.75) is 32.0 Å². The smallest absolute Gasteiger partial charge is 0.253 e. The summed E-state index contributed by atoms with van der Waals surface area (Å²) in [6, 6.07) is 12.4. The average molecular weight is 458 g/mol. The molecule has 0 saturated carbocycles. The van der Waals surface area contributed by atoms with E-state index < -0.39 is 0 Å². The molecule has 9 heteroatoms. The van der Waals surface area contributed by atoms with Gasteiger partial charge in [-0.2, -0.15) is 0 Å². The van der Waals surface area contributed by atoms with E-state index in [4.69, 9.17) is 11.6 Å². The first-order chi connectivity index (χ1) is 14.8. The minimum Gasteiger partial charge on any atom is -0.342 e. The highest BCUT2D eigenvalue weighted by molar-refractivity contribution is 7.99. The molecule has 0 spiro atoms. The second-order valence-corrected chi connectivity index (χ2v) is 8.58. The predicted octanol–water partition coefficient (Wildman–Crippen LogP) is 4.31. The summed E-state index contributed by atoms with van der Waals surface area (Å²) in [4.78, 5) is 24.9. The lowest BCUT2D eigenvalue weighted by molar-refractivity contribution is -0.113. The van der Waals surface area contributed by atoms with Crippen LogP contribution in [-0.2, 0) is 11.8 Å². The lowest BCUT2D eigenvalue weighted by Gasteiger charge is -2.14. The average Bonchev–Trinajstić information content (AvgIpc) is 3.10. The summed E-state index contributed by atoms with van der Waals surface area (Å²) < 4.78 is 1.77. The van der Waals surface area contributed by atoms with Gasteiger partial charge in [-0.25, -0.2) is 0 Å². The Morgan fingerprint density at radius 1 is 1.16 bits per heavy atom. The fraction of sp³-hybridized carbons (Fsp3) is 0.273. The lowest BCUT2D eigenvalue weighted by Crippen LogP contribution is -2.28. The number of carbonyl (C=O) groups excluding carboxylic acids is 2. The minimum atomic E-state index is -0.389. The topological polar surface area (TPSA) is 88.9 Å². The molecule has 162 valence electrons. The van der Waals surface area contributed by atoms with Crippen molar-refractivity contribution in [3.05, 3.63) is 70.0 Å². The number of aromatic nitrogens is 3. The second-order valence-electron chi connectivity index (χ2n) is 7.23. The van der Waals surface area contributed by atoms with Crippen LogP contribution in [0.5, 0.6) is 0 Å². The van der Waals surface area contributed by atoms with Gasteiger partial charge in [0.15, 0.2) is 11.0 Å². The molecule has 0 saturated heterocycles. The van der Waals surface area contributed by atoms with E-state index in [9.17, 15) is 9.59 Å². The molecule has 0 unspecified atom stereocenters. The minimum absolute atomic E-state index is 0.122. The lowest BCUT2D eigenvalue weighted by atomic mass is 10.1. The largest absolute Gasteiger partial charge is 0.342 e. The van der Waals surface area contributed by atoms with Crippen molar-refractivity contribution in [1.82, 2.24) is 20.1 Å². The van der Waals surface area contributed by atoms with Gasteiger partial charge in [0.05, 0.1) is 22.4 Å². The van der Waals surface area contributed by atoms with Gasteiger partial charge < -0.3 is 15.2 Å². The van der Waals surface area contributed by atoms with E-state index in [2.05, 4.69) is 20.8 Å². The van der Waals surface area contributed by atoms with E-state index in [0.29, 0.717) is 21.6 Å². The molecule has 1 aromatic heterocycles. The Bertz CT molecular complexity index is 1120. The third-order valence-corrected chi connectivity index (χ3v) is 6.07. The molecule has 0 aliphatic carbocycles. The van der Waals surface area contributed by atoms with Crippen molar-refractivity contribution >= 4 is 40.9 Å². The fourth-order valence-corrected chi connectivity index (χ4v) is 3.94. The molecule has 2 amide bonds. The molecule has 2 aromatic carbocycles. The molecule has 0 radical (unpaired) electrons. The van der Waals surface area contributed by atoms with Gasteiger partial charge >= 0.3 is 0 Å². The maximum atomic E-state index is 12.5. The van der Waals surface area contributed by atoms with Crippen LogP contribution in [-0.4, -0.2) is 32.3 Å². The summed E-state index contributed by atoms with van der Waals surface area (Å²) in [7, 11) is 1.80. The number of aryl methyl sites for hydroxylation is 2. The fourth-order valence-electron chi connectivity index (χ4n) is 3.00. The van der Waals surface area contributed by atoms with Crippen molar-refractivity contribution in [2.24, 2.45) is 7.05 Å².